The molecule has 1 fully saturated rings. The number of Topliss-reactive ketones (excluding diaryl/α,β-unsaturated/α-hetero) is 2. The van der Waals surface area contributed by atoms with Gasteiger partial charge in [0.05, 0.1) is 0 Å². The fourth-order valence-corrected chi connectivity index (χ4v) is 2.02. The summed E-state index contributed by atoms with van der Waals surface area (Å²) in [6.45, 7) is 1.53. The maximum absolute atomic E-state index is 11.3. The van der Waals surface area contributed by atoms with Crippen molar-refractivity contribution in [2.45, 2.75) is 32.6 Å². The van der Waals surface area contributed by atoms with Gasteiger partial charge in [0.15, 0.2) is 0 Å². The molecule has 0 radical (unpaired) electrons. The first-order chi connectivity index (χ1) is 6.15. The number of carbonyl (C=O) groups is 3. The molecule has 1 aliphatic carbocycles. The molecule has 0 aromatic heterocycles. The van der Waals surface area contributed by atoms with Crippen LogP contribution in [0.1, 0.15) is 32.6 Å². The zero-order valence-corrected chi connectivity index (χ0v) is 7.79. The van der Waals surface area contributed by atoms with Crippen molar-refractivity contribution in [2.24, 2.45) is 11.8 Å². The van der Waals surface area contributed by atoms with E-state index in [1.54, 1.807) is 0 Å². The van der Waals surface area contributed by atoms with Gasteiger partial charge in [-0.1, -0.05) is 0 Å². The zero-order chi connectivity index (χ0) is 9.84. The SMILES string of the molecule is CC(=O)C[C@@H]1CCC(=O)[C@H]1CC=O. The Bertz CT molecular complexity index is 232. The van der Waals surface area contributed by atoms with Crippen molar-refractivity contribution in [3.8, 4) is 0 Å². The molecular weight excluding hydrogens is 168 g/mol. The standard InChI is InChI=1S/C10H14O3/c1-7(12)6-8-2-3-10(13)9(8)4-5-11/h5,8-9H,2-4,6H2,1H3/t8-,9-/m0/s1. The Balaban J connectivity index is 2.58. The smallest absolute Gasteiger partial charge is 0.136 e. The summed E-state index contributed by atoms with van der Waals surface area (Å²) < 4.78 is 0. The minimum Gasteiger partial charge on any atom is -0.303 e. The summed E-state index contributed by atoms with van der Waals surface area (Å²) in [5.41, 5.74) is 0. The molecule has 0 amide bonds. The monoisotopic (exact) mass is 182 g/mol. The van der Waals surface area contributed by atoms with E-state index in [9.17, 15) is 14.4 Å². The van der Waals surface area contributed by atoms with Crippen LogP contribution in [-0.2, 0) is 14.4 Å². The molecule has 0 aromatic rings. The van der Waals surface area contributed by atoms with Gasteiger partial charge in [-0.15, -0.1) is 0 Å². The van der Waals surface area contributed by atoms with Gasteiger partial charge in [-0.3, -0.25) is 4.79 Å². The van der Waals surface area contributed by atoms with Crippen molar-refractivity contribution in [2.75, 3.05) is 0 Å². The van der Waals surface area contributed by atoms with E-state index in [0.717, 1.165) is 12.7 Å². The van der Waals surface area contributed by atoms with Gasteiger partial charge in [-0.05, 0) is 19.3 Å². The third-order valence-electron chi connectivity index (χ3n) is 2.64. The maximum Gasteiger partial charge on any atom is 0.136 e. The van der Waals surface area contributed by atoms with Gasteiger partial charge in [-0.2, -0.15) is 0 Å². The van der Waals surface area contributed by atoms with E-state index in [1.165, 1.54) is 6.92 Å². The lowest BCUT2D eigenvalue weighted by Gasteiger charge is -2.13. The van der Waals surface area contributed by atoms with Gasteiger partial charge in [0.25, 0.3) is 0 Å². The molecular formula is C10H14O3. The van der Waals surface area contributed by atoms with Crippen LogP contribution in [0.2, 0.25) is 0 Å². The molecule has 0 unspecified atom stereocenters. The fourth-order valence-electron chi connectivity index (χ4n) is 2.02. The zero-order valence-electron chi connectivity index (χ0n) is 7.79. The molecule has 0 aromatic carbocycles. The first kappa shape index (κ1) is 10.1. The number of hydrogen-bond acceptors (Lipinski definition) is 3. The highest BCUT2D eigenvalue weighted by molar-refractivity contribution is 5.86. The lowest BCUT2D eigenvalue weighted by Crippen LogP contribution is -2.17. The van der Waals surface area contributed by atoms with E-state index in [4.69, 9.17) is 0 Å². The average Bonchev–Trinajstić information content (AvgIpc) is 2.35. The molecule has 0 bridgehead atoms. The summed E-state index contributed by atoms with van der Waals surface area (Å²) in [4.78, 5) is 32.4. The molecule has 0 spiro atoms. The van der Waals surface area contributed by atoms with Crippen LogP contribution in [-0.4, -0.2) is 17.9 Å². The molecule has 13 heavy (non-hydrogen) atoms. The quantitative estimate of drug-likeness (QED) is 0.613. The highest BCUT2D eigenvalue weighted by atomic mass is 16.1. The van der Waals surface area contributed by atoms with Crippen molar-refractivity contribution in [1.82, 2.24) is 0 Å². The van der Waals surface area contributed by atoms with E-state index in [1.807, 2.05) is 0 Å². The Kier molecular flexibility index (Phi) is 3.34. The number of rotatable bonds is 4. The number of ketones is 2. The third-order valence-corrected chi connectivity index (χ3v) is 2.64. The lowest BCUT2D eigenvalue weighted by molar-refractivity contribution is -0.124. The number of aldehydes is 1. The molecule has 2 atom stereocenters. The first-order valence-electron chi connectivity index (χ1n) is 4.61. The van der Waals surface area contributed by atoms with Gasteiger partial charge in [0, 0.05) is 25.2 Å². The number of carbonyl (C=O) groups excluding carboxylic acids is 3. The van der Waals surface area contributed by atoms with E-state index in [-0.39, 0.29) is 29.8 Å². The molecule has 3 nitrogen and oxygen atoms in total. The van der Waals surface area contributed by atoms with Crippen LogP contribution in [0.3, 0.4) is 0 Å². The van der Waals surface area contributed by atoms with E-state index >= 15 is 0 Å². The van der Waals surface area contributed by atoms with Gasteiger partial charge >= 0.3 is 0 Å². The third kappa shape index (κ3) is 2.47. The molecule has 0 N–H and O–H groups in total. The van der Waals surface area contributed by atoms with Crippen LogP contribution in [0.25, 0.3) is 0 Å². The second kappa shape index (κ2) is 4.30. The molecule has 0 heterocycles. The fraction of sp³-hybridized carbons (Fsp3) is 0.700. The summed E-state index contributed by atoms with van der Waals surface area (Å²) >= 11 is 0. The van der Waals surface area contributed by atoms with Gasteiger partial charge < -0.3 is 9.59 Å². The molecule has 0 aliphatic heterocycles. The Morgan fingerprint density at radius 3 is 2.85 bits per heavy atom. The average molecular weight is 182 g/mol. The minimum atomic E-state index is -0.179. The molecule has 0 saturated heterocycles. The van der Waals surface area contributed by atoms with Crippen LogP contribution < -0.4 is 0 Å². The highest BCUT2D eigenvalue weighted by Crippen LogP contribution is 2.33. The van der Waals surface area contributed by atoms with Crippen LogP contribution in [0.15, 0.2) is 0 Å². The Labute approximate surface area is 77.5 Å². The van der Waals surface area contributed by atoms with Crippen LogP contribution in [0, 0.1) is 11.8 Å². The van der Waals surface area contributed by atoms with Crippen LogP contribution in [0.4, 0.5) is 0 Å². The van der Waals surface area contributed by atoms with Crippen molar-refractivity contribution >= 4 is 17.9 Å². The van der Waals surface area contributed by atoms with E-state index < -0.39 is 0 Å². The molecule has 1 aliphatic rings. The van der Waals surface area contributed by atoms with E-state index in [2.05, 4.69) is 0 Å². The number of hydrogen-bond donors (Lipinski definition) is 0. The van der Waals surface area contributed by atoms with Crippen LogP contribution in [0.5, 0.6) is 0 Å². The summed E-state index contributed by atoms with van der Waals surface area (Å²) in [5, 5.41) is 0. The normalized spacial score (nSPS) is 27.6. The summed E-state index contributed by atoms with van der Waals surface area (Å²) in [7, 11) is 0. The molecule has 1 saturated carbocycles. The predicted molar refractivity (Wildman–Crippen MR) is 47.2 cm³/mol. The Hall–Kier alpha value is -0.990. The highest BCUT2D eigenvalue weighted by Gasteiger charge is 2.34. The lowest BCUT2D eigenvalue weighted by atomic mass is 9.89. The van der Waals surface area contributed by atoms with Gasteiger partial charge in [-0.25, -0.2) is 0 Å². The largest absolute Gasteiger partial charge is 0.303 e. The second-order valence-corrected chi connectivity index (χ2v) is 3.68. The minimum absolute atomic E-state index is 0.107. The summed E-state index contributed by atoms with van der Waals surface area (Å²) in [5.74, 6) is 0.200. The van der Waals surface area contributed by atoms with Crippen molar-refractivity contribution in [3.63, 3.8) is 0 Å². The van der Waals surface area contributed by atoms with Crippen molar-refractivity contribution in [3.05, 3.63) is 0 Å². The molecule has 1 rings (SSSR count). The second-order valence-electron chi connectivity index (χ2n) is 3.68. The summed E-state index contributed by atoms with van der Waals surface area (Å²) in [6.07, 6.45) is 2.83. The molecule has 3 heteroatoms. The van der Waals surface area contributed by atoms with Gasteiger partial charge in [0.1, 0.15) is 17.9 Å². The Morgan fingerprint density at radius 2 is 2.31 bits per heavy atom. The first-order valence-corrected chi connectivity index (χ1v) is 4.61. The topological polar surface area (TPSA) is 51.2 Å². The predicted octanol–water partition coefficient (Wildman–Crippen LogP) is 1.15. The van der Waals surface area contributed by atoms with Crippen LogP contribution >= 0.6 is 0 Å². The van der Waals surface area contributed by atoms with Crippen molar-refractivity contribution < 1.29 is 14.4 Å². The van der Waals surface area contributed by atoms with Gasteiger partial charge in [0.2, 0.25) is 0 Å². The summed E-state index contributed by atoms with van der Waals surface area (Å²) in [6, 6.07) is 0. The van der Waals surface area contributed by atoms with Crippen molar-refractivity contribution in [1.29, 1.82) is 0 Å². The Morgan fingerprint density at radius 1 is 1.62 bits per heavy atom. The maximum atomic E-state index is 11.3. The van der Waals surface area contributed by atoms with E-state index in [0.29, 0.717) is 12.8 Å². The molecule has 72 valence electrons.